The number of nitrogens with zero attached hydrogens (tertiary/aromatic N) is 1. The van der Waals surface area contributed by atoms with Gasteiger partial charge < -0.3 is 10.1 Å². The van der Waals surface area contributed by atoms with Crippen LogP contribution < -0.4 is 15.2 Å². The number of hydrogen-bond donors (Lipinski definition) is 2. The van der Waals surface area contributed by atoms with Crippen LogP contribution in [0, 0.1) is 0 Å². The van der Waals surface area contributed by atoms with Gasteiger partial charge in [-0.25, -0.2) is 18.5 Å². The molecule has 8 heteroatoms. The molecule has 6 nitrogen and oxygen atoms in total. The van der Waals surface area contributed by atoms with Gasteiger partial charge in [-0.2, -0.15) is 0 Å². The summed E-state index contributed by atoms with van der Waals surface area (Å²) in [5.41, 5.74) is 1.52. The van der Waals surface area contributed by atoms with Gasteiger partial charge in [-0.05, 0) is 36.4 Å². The van der Waals surface area contributed by atoms with Crippen LogP contribution in [-0.2, 0) is 10.0 Å². The second kappa shape index (κ2) is 5.56. The number of nitrogens with one attached hydrogen (secondary N) is 1. The summed E-state index contributed by atoms with van der Waals surface area (Å²) in [6.45, 7) is 0. The van der Waals surface area contributed by atoms with Crippen LogP contribution >= 0.6 is 11.3 Å². The number of hydrogen-bond acceptors (Lipinski definition) is 6. The van der Waals surface area contributed by atoms with E-state index >= 15 is 0 Å². The molecule has 3 N–H and O–H groups in total. The molecule has 22 heavy (non-hydrogen) atoms. The number of anilines is 2. The second-order valence-electron chi connectivity index (χ2n) is 4.52. The first kappa shape index (κ1) is 14.8. The molecule has 1 aromatic heterocycles. The highest BCUT2D eigenvalue weighted by atomic mass is 32.2. The van der Waals surface area contributed by atoms with Crippen LogP contribution in [0.25, 0.3) is 10.2 Å². The lowest BCUT2D eigenvalue weighted by Crippen LogP contribution is -2.11. The molecule has 0 unspecified atom stereocenters. The first-order chi connectivity index (χ1) is 10.5. The monoisotopic (exact) mass is 335 g/mol. The number of rotatable bonds is 4. The lowest BCUT2D eigenvalue weighted by molar-refractivity contribution is 0.419. The quantitative estimate of drug-likeness (QED) is 0.764. The Morgan fingerprint density at radius 1 is 1.18 bits per heavy atom. The van der Waals surface area contributed by atoms with Crippen molar-refractivity contribution in [1.29, 1.82) is 0 Å². The predicted molar refractivity (Wildman–Crippen MR) is 87.3 cm³/mol. The fourth-order valence-corrected chi connectivity index (χ4v) is 3.41. The minimum absolute atomic E-state index is 0.0732. The molecule has 3 rings (SSSR count). The van der Waals surface area contributed by atoms with Crippen LogP contribution in [-0.4, -0.2) is 20.5 Å². The molecule has 0 saturated carbocycles. The summed E-state index contributed by atoms with van der Waals surface area (Å²) in [7, 11) is -2.07. The number of fused-ring (bicyclic) bond motifs is 1. The Morgan fingerprint density at radius 3 is 2.55 bits per heavy atom. The highest BCUT2D eigenvalue weighted by Crippen LogP contribution is 2.33. The highest BCUT2D eigenvalue weighted by Gasteiger charge is 2.10. The van der Waals surface area contributed by atoms with Gasteiger partial charge in [0.05, 0.1) is 16.7 Å². The zero-order valence-corrected chi connectivity index (χ0v) is 13.2. The van der Waals surface area contributed by atoms with E-state index < -0.39 is 10.0 Å². The summed E-state index contributed by atoms with van der Waals surface area (Å²) in [6, 6.07) is 11.9. The van der Waals surface area contributed by atoms with Crippen LogP contribution in [0.1, 0.15) is 0 Å². The molecule has 0 atom stereocenters. The number of methoxy groups -OCH3 is 1. The molecule has 0 amide bonds. The Hall–Kier alpha value is -2.16. The smallest absolute Gasteiger partial charge is 0.238 e. The number of para-hydroxylation sites is 1. The molecule has 0 fully saturated rings. The van der Waals surface area contributed by atoms with Gasteiger partial charge in [0.25, 0.3) is 0 Å². The molecule has 2 aromatic carbocycles. The maximum Gasteiger partial charge on any atom is 0.238 e. The van der Waals surface area contributed by atoms with Gasteiger partial charge in [0.15, 0.2) is 5.13 Å². The van der Waals surface area contributed by atoms with Crippen LogP contribution in [0.15, 0.2) is 47.4 Å². The summed E-state index contributed by atoms with van der Waals surface area (Å²) >= 11 is 1.49. The van der Waals surface area contributed by atoms with E-state index in [1.165, 1.54) is 23.5 Å². The van der Waals surface area contributed by atoms with Crippen molar-refractivity contribution in [2.24, 2.45) is 5.14 Å². The van der Waals surface area contributed by atoms with E-state index in [-0.39, 0.29) is 4.90 Å². The summed E-state index contributed by atoms with van der Waals surface area (Å²) in [6.07, 6.45) is 0. The molecule has 0 radical (unpaired) electrons. The fraction of sp³-hybridized carbons (Fsp3) is 0.0714. The Bertz CT molecular complexity index is 918. The van der Waals surface area contributed by atoms with Crippen LogP contribution in [0.2, 0.25) is 0 Å². The van der Waals surface area contributed by atoms with Crippen molar-refractivity contribution < 1.29 is 13.2 Å². The van der Waals surface area contributed by atoms with Gasteiger partial charge in [-0.1, -0.05) is 17.4 Å². The van der Waals surface area contributed by atoms with Crippen molar-refractivity contribution in [2.75, 3.05) is 12.4 Å². The third kappa shape index (κ3) is 2.89. The standard InChI is InChI=1S/C14H13N3O3S2/c1-20-11-3-2-4-12-13(11)17-14(21-12)16-9-5-7-10(8-6-9)22(15,18)19/h2-8H,1H3,(H,16,17)(H2,15,18,19). The number of ether oxygens (including phenoxy) is 1. The number of aromatic nitrogens is 1. The molecule has 1 heterocycles. The molecule has 0 aliphatic heterocycles. The normalized spacial score (nSPS) is 11.5. The minimum Gasteiger partial charge on any atom is -0.494 e. The number of primary sulfonamides is 1. The largest absolute Gasteiger partial charge is 0.494 e. The summed E-state index contributed by atoms with van der Waals surface area (Å²) in [5.74, 6) is 0.714. The lowest BCUT2D eigenvalue weighted by Gasteiger charge is -2.03. The molecule has 114 valence electrons. The molecule has 0 bridgehead atoms. The Balaban J connectivity index is 1.90. The van der Waals surface area contributed by atoms with Gasteiger partial charge in [-0.3, -0.25) is 0 Å². The van der Waals surface area contributed by atoms with Gasteiger partial charge in [-0.15, -0.1) is 0 Å². The first-order valence-corrected chi connectivity index (χ1v) is 8.67. The molecular weight excluding hydrogens is 322 g/mol. The third-order valence-corrected chi connectivity index (χ3v) is 4.90. The third-order valence-electron chi connectivity index (χ3n) is 3.04. The SMILES string of the molecule is COc1cccc2sc(Nc3ccc(S(N)(=O)=O)cc3)nc12. The molecule has 0 saturated heterocycles. The fourth-order valence-electron chi connectivity index (χ4n) is 1.99. The molecule has 3 aromatic rings. The van der Waals surface area contributed by atoms with Crippen LogP contribution in [0.3, 0.4) is 0 Å². The zero-order chi connectivity index (χ0) is 15.7. The van der Waals surface area contributed by atoms with E-state index in [1.54, 1.807) is 19.2 Å². The lowest BCUT2D eigenvalue weighted by atomic mass is 10.3. The average molecular weight is 335 g/mol. The van der Waals surface area contributed by atoms with Crippen molar-refractivity contribution in [3.05, 3.63) is 42.5 Å². The summed E-state index contributed by atoms with van der Waals surface area (Å²) in [4.78, 5) is 4.56. The Kier molecular flexibility index (Phi) is 3.73. The van der Waals surface area contributed by atoms with Gasteiger partial charge >= 0.3 is 0 Å². The molecule has 0 aliphatic rings. The minimum atomic E-state index is -3.68. The second-order valence-corrected chi connectivity index (χ2v) is 7.11. The van der Waals surface area contributed by atoms with E-state index in [4.69, 9.17) is 9.88 Å². The number of nitrogens with two attached hydrogens (primary N) is 1. The van der Waals surface area contributed by atoms with E-state index in [9.17, 15) is 8.42 Å². The van der Waals surface area contributed by atoms with E-state index in [2.05, 4.69) is 10.3 Å². The molecule has 0 aliphatic carbocycles. The predicted octanol–water partition coefficient (Wildman–Crippen LogP) is 2.70. The number of thiazole rings is 1. The first-order valence-electron chi connectivity index (χ1n) is 6.31. The van der Waals surface area contributed by atoms with Gasteiger partial charge in [0, 0.05) is 5.69 Å². The summed E-state index contributed by atoms with van der Waals surface area (Å²) < 4.78 is 28.7. The van der Waals surface area contributed by atoms with Gasteiger partial charge in [0.2, 0.25) is 10.0 Å². The molecule has 0 spiro atoms. The van der Waals surface area contributed by atoms with Crippen LogP contribution in [0.5, 0.6) is 5.75 Å². The highest BCUT2D eigenvalue weighted by molar-refractivity contribution is 7.89. The maximum atomic E-state index is 11.2. The Morgan fingerprint density at radius 2 is 1.91 bits per heavy atom. The van der Waals surface area contributed by atoms with Crippen LogP contribution in [0.4, 0.5) is 10.8 Å². The maximum absolute atomic E-state index is 11.2. The van der Waals surface area contributed by atoms with Crippen molar-refractivity contribution in [2.45, 2.75) is 4.90 Å². The molecular formula is C14H13N3O3S2. The zero-order valence-electron chi connectivity index (χ0n) is 11.6. The van der Waals surface area contributed by atoms with E-state index in [0.717, 1.165) is 15.9 Å². The van der Waals surface area contributed by atoms with Gasteiger partial charge in [0.1, 0.15) is 11.3 Å². The van der Waals surface area contributed by atoms with Crippen molar-refractivity contribution >= 4 is 42.4 Å². The number of sulfonamides is 1. The Labute approximate surface area is 131 Å². The van der Waals surface area contributed by atoms with Crippen molar-refractivity contribution in [3.63, 3.8) is 0 Å². The number of benzene rings is 2. The van der Waals surface area contributed by atoms with Crippen molar-refractivity contribution in [3.8, 4) is 5.75 Å². The van der Waals surface area contributed by atoms with Crippen molar-refractivity contribution in [1.82, 2.24) is 4.98 Å². The average Bonchev–Trinajstić information content (AvgIpc) is 2.89. The topological polar surface area (TPSA) is 94.3 Å². The van der Waals surface area contributed by atoms with E-state index in [1.807, 2.05) is 18.2 Å². The summed E-state index contributed by atoms with van der Waals surface area (Å²) in [5, 5.41) is 8.91. The van der Waals surface area contributed by atoms with E-state index in [0.29, 0.717) is 10.9 Å².